The Morgan fingerprint density at radius 2 is 2.12 bits per heavy atom. The molecule has 0 spiro atoms. The van der Waals surface area contributed by atoms with Gasteiger partial charge in [-0.3, -0.25) is 4.79 Å². The van der Waals surface area contributed by atoms with Crippen LogP contribution < -0.4 is 15.9 Å². The second kappa shape index (κ2) is 9.77. The van der Waals surface area contributed by atoms with E-state index >= 15 is 0 Å². The molecule has 1 saturated carbocycles. The van der Waals surface area contributed by atoms with E-state index in [0.29, 0.717) is 19.5 Å². The van der Waals surface area contributed by atoms with Crippen LogP contribution in [-0.4, -0.2) is 22.2 Å². The van der Waals surface area contributed by atoms with Crippen molar-refractivity contribution in [2.45, 2.75) is 70.9 Å². The third kappa shape index (κ3) is 5.10. The van der Waals surface area contributed by atoms with Crippen molar-refractivity contribution in [3.05, 3.63) is 34.5 Å². The lowest BCUT2D eigenvalue weighted by Crippen LogP contribution is -2.32. The highest BCUT2D eigenvalue weighted by atomic mass is 16.3. The van der Waals surface area contributed by atoms with E-state index in [4.69, 9.17) is 0 Å². The van der Waals surface area contributed by atoms with Gasteiger partial charge in [-0.1, -0.05) is 56.4 Å². The van der Waals surface area contributed by atoms with Crippen molar-refractivity contribution in [1.82, 2.24) is 9.88 Å². The summed E-state index contributed by atoms with van der Waals surface area (Å²) in [6.45, 7) is 1.26. The number of hydrogen-bond acceptors (Lipinski definition) is 2. The molecule has 1 aromatic rings. The normalized spacial score (nSPS) is 17.1. The van der Waals surface area contributed by atoms with E-state index in [-0.39, 0.29) is 12.5 Å². The Kier molecular flexibility index (Phi) is 7.13. The zero-order valence-corrected chi connectivity index (χ0v) is 15.8. The highest BCUT2D eigenvalue weighted by molar-refractivity contribution is 5.75. The average molecular weight is 357 g/mol. The molecule has 3 rings (SSSR count). The van der Waals surface area contributed by atoms with Crippen LogP contribution in [0.15, 0.2) is 18.3 Å². The fraction of sp³-hybridized carbons (Fsp3) is 0.591. The minimum atomic E-state index is 0.120. The lowest BCUT2D eigenvalue weighted by atomic mass is 9.86. The number of carbonyl (C=O) groups is 1. The highest BCUT2D eigenvalue weighted by Crippen LogP contribution is 2.27. The van der Waals surface area contributed by atoms with Crippen LogP contribution in [0.3, 0.4) is 0 Å². The number of hydrogen-bond donors (Lipinski definition) is 2. The number of amides is 1. The molecule has 2 aliphatic carbocycles. The van der Waals surface area contributed by atoms with Gasteiger partial charge in [0.2, 0.25) is 5.91 Å². The second-order valence-electron chi connectivity index (χ2n) is 7.58. The Morgan fingerprint density at radius 1 is 1.27 bits per heavy atom. The predicted octanol–water partition coefficient (Wildman–Crippen LogP) is 2.37. The monoisotopic (exact) mass is 356 g/mol. The molecule has 0 aromatic carbocycles. The third-order valence-corrected chi connectivity index (χ3v) is 5.65. The van der Waals surface area contributed by atoms with E-state index in [2.05, 4.69) is 40.4 Å². The Labute approximate surface area is 156 Å². The maximum Gasteiger partial charge on any atom is 0.220 e. The molecule has 26 heavy (non-hydrogen) atoms. The molecule has 2 aliphatic rings. The van der Waals surface area contributed by atoms with Gasteiger partial charge in [0.25, 0.3) is 0 Å². The van der Waals surface area contributed by atoms with Crippen LogP contribution in [0, 0.1) is 5.92 Å². The molecule has 1 fully saturated rings. The SMILES string of the molecule is O=C(CCCC1CCCCC1)NCc1cn(CCO)c2c1=CC=CCC=2. The minimum Gasteiger partial charge on any atom is -0.395 e. The molecule has 1 heterocycles. The molecule has 1 amide bonds. The number of nitrogens with zero attached hydrogens (tertiary/aromatic N) is 1. The molecule has 4 heteroatoms. The number of rotatable bonds is 8. The fourth-order valence-corrected chi connectivity index (χ4v) is 4.23. The van der Waals surface area contributed by atoms with Crippen molar-refractivity contribution in [3.8, 4) is 0 Å². The van der Waals surface area contributed by atoms with Crippen LogP contribution >= 0.6 is 0 Å². The van der Waals surface area contributed by atoms with Gasteiger partial charge < -0.3 is 15.0 Å². The summed E-state index contributed by atoms with van der Waals surface area (Å²) < 4.78 is 2.09. The second-order valence-corrected chi connectivity index (χ2v) is 7.58. The Balaban J connectivity index is 1.53. The summed E-state index contributed by atoms with van der Waals surface area (Å²) >= 11 is 0. The molecule has 0 unspecified atom stereocenters. The first-order valence-electron chi connectivity index (χ1n) is 10.2. The van der Waals surface area contributed by atoms with Gasteiger partial charge in [0.05, 0.1) is 6.61 Å². The van der Waals surface area contributed by atoms with Gasteiger partial charge >= 0.3 is 0 Å². The maximum absolute atomic E-state index is 12.2. The molecule has 0 bridgehead atoms. The van der Waals surface area contributed by atoms with Gasteiger partial charge in [-0.05, 0) is 30.7 Å². The number of aromatic nitrogens is 1. The smallest absolute Gasteiger partial charge is 0.220 e. The molecule has 0 aliphatic heterocycles. The number of carbonyl (C=O) groups excluding carboxylic acids is 1. The minimum absolute atomic E-state index is 0.120. The van der Waals surface area contributed by atoms with Crippen LogP contribution in [0.2, 0.25) is 0 Å². The first kappa shape index (κ1) is 19.0. The van der Waals surface area contributed by atoms with Gasteiger partial charge in [-0.25, -0.2) is 0 Å². The first-order valence-corrected chi connectivity index (χ1v) is 10.2. The maximum atomic E-state index is 12.2. The molecular formula is C22H32N2O2. The first-order chi connectivity index (χ1) is 12.8. The highest BCUT2D eigenvalue weighted by Gasteiger charge is 2.14. The average Bonchev–Trinajstić information content (AvgIpc) is 2.83. The van der Waals surface area contributed by atoms with Crippen molar-refractivity contribution < 1.29 is 9.90 Å². The zero-order valence-electron chi connectivity index (χ0n) is 15.8. The zero-order chi connectivity index (χ0) is 18.2. The fourth-order valence-electron chi connectivity index (χ4n) is 4.23. The molecular weight excluding hydrogens is 324 g/mol. The predicted molar refractivity (Wildman–Crippen MR) is 106 cm³/mol. The van der Waals surface area contributed by atoms with Crippen molar-refractivity contribution in [3.63, 3.8) is 0 Å². The van der Waals surface area contributed by atoms with Crippen molar-refractivity contribution in [1.29, 1.82) is 0 Å². The Bertz CT molecular complexity index is 739. The van der Waals surface area contributed by atoms with E-state index in [1.54, 1.807) is 0 Å². The summed E-state index contributed by atoms with van der Waals surface area (Å²) in [4.78, 5) is 12.2. The standard InChI is InChI=1S/C22H32N2O2/c25-15-14-24-17-19(20-11-5-2-6-12-21(20)24)16-23-22(26)13-7-10-18-8-3-1-4-9-18/h2,5,11-12,17-18,25H,1,3-4,6-10,13-16H2,(H,23,26). The van der Waals surface area contributed by atoms with Crippen LogP contribution in [0.5, 0.6) is 0 Å². The van der Waals surface area contributed by atoms with Crippen molar-refractivity contribution in [2.75, 3.05) is 6.61 Å². The van der Waals surface area contributed by atoms with Gasteiger partial charge in [0.15, 0.2) is 0 Å². The lowest BCUT2D eigenvalue weighted by molar-refractivity contribution is -0.121. The third-order valence-electron chi connectivity index (χ3n) is 5.65. The van der Waals surface area contributed by atoms with E-state index < -0.39 is 0 Å². The topological polar surface area (TPSA) is 54.3 Å². The van der Waals surface area contributed by atoms with Gasteiger partial charge in [0.1, 0.15) is 0 Å². The molecule has 1 aromatic heterocycles. The summed E-state index contributed by atoms with van der Waals surface area (Å²) in [6.07, 6.45) is 21.1. The Morgan fingerprint density at radius 3 is 2.92 bits per heavy atom. The molecule has 4 nitrogen and oxygen atoms in total. The van der Waals surface area contributed by atoms with Crippen LogP contribution in [0.25, 0.3) is 12.2 Å². The van der Waals surface area contributed by atoms with Crippen LogP contribution in [-0.2, 0) is 17.9 Å². The van der Waals surface area contributed by atoms with Gasteiger partial charge in [-0.15, -0.1) is 0 Å². The summed E-state index contributed by atoms with van der Waals surface area (Å²) in [7, 11) is 0. The quantitative estimate of drug-likeness (QED) is 0.751. The van der Waals surface area contributed by atoms with E-state index in [0.717, 1.165) is 34.9 Å². The van der Waals surface area contributed by atoms with Crippen molar-refractivity contribution in [2.24, 2.45) is 5.92 Å². The van der Waals surface area contributed by atoms with E-state index in [9.17, 15) is 9.90 Å². The molecule has 142 valence electrons. The molecule has 2 N–H and O–H groups in total. The van der Waals surface area contributed by atoms with Gasteiger partial charge in [-0.2, -0.15) is 0 Å². The lowest BCUT2D eigenvalue weighted by Gasteiger charge is -2.21. The number of aliphatic hydroxyl groups excluding tert-OH is 1. The number of allylic oxidation sites excluding steroid dienone is 2. The molecule has 0 radical (unpaired) electrons. The summed E-state index contributed by atoms with van der Waals surface area (Å²) in [5.74, 6) is 0.995. The van der Waals surface area contributed by atoms with Crippen LogP contribution in [0.1, 0.15) is 63.4 Å². The summed E-state index contributed by atoms with van der Waals surface area (Å²) in [6, 6.07) is 0. The number of fused-ring (bicyclic) bond motifs is 1. The molecule has 0 atom stereocenters. The van der Waals surface area contributed by atoms with E-state index in [1.807, 2.05) is 0 Å². The molecule has 0 saturated heterocycles. The number of aliphatic hydroxyl groups is 1. The number of nitrogens with one attached hydrogen (secondary N) is 1. The van der Waals surface area contributed by atoms with E-state index in [1.165, 1.54) is 38.5 Å². The van der Waals surface area contributed by atoms with Crippen LogP contribution in [0.4, 0.5) is 0 Å². The summed E-state index contributed by atoms with van der Waals surface area (Å²) in [5, 5.41) is 14.7. The largest absolute Gasteiger partial charge is 0.395 e. The Hall–Kier alpha value is -1.81. The summed E-state index contributed by atoms with van der Waals surface area (Å²) in [5.41, 5.74) is 1.12. The van der Waals surface area contributed by atoms with Gasteiger partial charge in [0, 0.05) is 36.3 Å². The van der Waals surface area contributed by atoms with Crippen molar-refractivity contribution >= 4 is 18.1 Å².